The van der Waals surface area contributed by atoms with E-state index in [2.05, 4.69) is 15.9 Å². The van der Waals surface area contributed by atoms with Crippen LogP contribution < -0.4 is 9.47 Å². The van der Waals surface area contributed by atoms with E-state index in [0.29, 0.717) is 34.6 Å². The summed E-state index contributed by atoms with van der Waals surface area (Å²) in [6.45, 7) is 3.93. The first-order valence-electron chi connectivity index (χ1n) is 6.87. The third-order valence-electron chi connectivity index (χ3n) is 2.83. The smallest absolute Gasteiger partial charge is 0.347 e. The molecule has 0 fully saturated rings. The maximum absolute atomic E-state index is 11.9. The molecule has 0 heterocycles. The van der Waals surface area contributed by atoms with E-state index < -0.39 is 6.10 Å². The molecule has 1 unspecified atom stereocenters. The second kappa shape index (κ2) is 8.89. The van der Waals surface area contributed by atoms with E-state index in [9.17, 15) is 9.90 Å². The van der Waals surface area contributed by atoms with Gasteiger partial charge in [-0.05, 0) is 47.0 Å². The highest BCUT2D eigenvalue weighted by molar-refractivity contribution is 9.10. The monoisotopic (exact) mass is 360 g/mol. The second-order valence-corrected chi connectivity index (χ2v) is 5.27. The van der Waals surface area contributed by atoms with E-state index in [1.807, 2.05) is 6.92 Å². The number of hydrogen-bond donors (Lipinski definition) is 1. The maximum atomic E-state index is 11.9. The predicted octanol–water partition coefficient (Wildman–Crippen LogP) is 3.06. The predicted molar refractivity (Wildman–Crippen MR) is 82.6 cm³/mol. The Morgan fingerprint density at radius 3 is 2.62 bits per heavy atom. The molecule has 1 aromatic rings. The fourth-order valence-electron chi connectivity index (χ4n) is 1.84. The zero-order valence-corrected chi connectivity index (χ0v) is 14.1. The van der Waals surface area contributed by atoms with E-state index in [1.54, 1.807) is 19.1 Å². The summed E-state index contributed by atoms with van der Waals surface area (Å²) in [5.41, 5.74) is 0.689. The molecule has 1 atom stereocenters. The molecule has 0 aliphatic carbocycles. The van der Waals surface area contributed by atoms with Crippen LogP contribution in [0.4, 0.5) is 0 Å². The number of benzene rings is 1. The van der Waals surface area contributed by atoms with Crippen molar-refractivity contribution < 1.29 is 24.1 Å². The Morgan fingerprint density at radius 1 is 1.38 bits per heavy atom. The number of hydrogen-bond acceptors (Lipinski definition) is 5. The molecule has 118 valence electrons. The summed E-state index contributed by atoms with van der Waals surface area (Å²) >= 11 is 3.38. The van der Waals surface area contributed by atoms with Crippen LogP contribution in [0.15, 0.2) is 16.6 Å². The minimum absolute atomic E-state index is 0.106. The molecule has 6 heteroatoms. The van der Waals surface area contributed by atoms with Crippen LogP contribution in [0.2, 0.25) is 0 Å². The van der Waals surface area contributed by atoms with E-state index in [0.717, 1.165) is 6.42 Å². The Labute approximate surface area is 133 Å². The standard InChI is InChI=1S/C15H21BrO5/c1-4-6-12(15(18)20-5-2)21-14-11(16)7-10(9-17)8-13(14)19-3/h7-8,12,17H,4-6,9H2,1-3H3. The van der Waals surface area contributed by atoms with E-state index in [1.165, 1.54) is 7.11 Å². The molecule has 0 spiro atoms. The number of halogens is 1. The van der Waals surface area contributed by atoms with Gasteiger partial charge in [0.25, 0.3) is 0 Å². The molecule has 0 amide bonds. The fourth-order valence-corrected chi connectivity index (χ4v) is 2.43. The molecule has 1 aromatic carbocycles. The first-order valence-corrected chi connectivity index (χ1v) is 7.67. The summed E-state index contributed by atoms with van der Waals surface area (Å²) in [6, 6.07) is 3.40. The van der Waals surface area contributed by atoms with Crippen molar-refractivity contribution in [2.45, 2.75) is 39.4 Å². The average Bonchev–Trinajstić information content (AvgIpc) is 2.48. The van der Waals surface area contributed by atoms with Crippen molar-refractivity contribution in [1.82, 2.24) is 0 Å². The molecule has 5 nitrogen and oxygen atoms in total. The van der Waals surface area contributed by atoms with Gasteiger partial charge in [-0.3, -0.25) is 0 Å². The van der Waals surface area contributed by atoms with Crippen LogP contribution in [-0.4, -0.2) is 30.9 Å². The van der Waals surface area contributed by atoms with Crippen molar-refractivity contribution in [3.63, 3.8) is 0 Å². The Hall–Kier alpha value is -1.27. The summed E-state index contributed by atoms with van der Waals surface area (Å²) < 4.78 is 16.7. The fraction of sp³-hybridized carbons (Fsp3) is 0.533. The Balaban J connectivity index is 3.05. The molecule has 1 rings (SSSR count). The van der Waals surface area contributed by atoms with E-state index >= 15 is 0 Å². The summed E-state index contributed by atoms with van der Waals surface area (Å²) in [7, 11) is 1.51. The van der Waals surface area contributed by atoms with Crippen LogP contribution in [-0.2, 0) is 16.1 Å². The Kier molecular flexibility index (Phi) is 7.53. The third-order valence-corrected chi connectivity index (χ3v) is 3.42. The van der Waals surface area contributed by atoms with Crippen molar-refractivity contribution in [2.75, 3.05) is 13.7 Å². The first-order chi connectivity index (χ1) is 10.1. The van der Waals surface area contributed by atoms with Gasteiger partial charge in [-0.25, -0.2) is 4.79 Å². The lowest BCUT2D eigenvalue weighted by molar-refractivity contribution is -0.151. The van der Waals surface area contributed by atoms with Crippen molar-refractivity contribution in [3.8, 4) is 11.5 Å². The lowest BCUT2D eigenvalue weighted by atomic mass is 10.2. The van der Waals surface area contributed by atoms with E-state index in [4.69, 9.17) is 14.2 Å². The third kappa shape index (κ3) is 4.89. The Bertz CT molecular complexity index is 475. The molecular formula is C15H21BrO5. The number of esters is 1. The molecule has 0 bridgehead atoms. The van der Waals surface area contributed by atoms with Crippen LogP contribution in [0, 0.1) is 0 Å². The number of carbonyl (C=O) groups excluding carboxylic acids is 1. The summed E-state index contributed by atoms with van der Waals surface area (Å²) in [5.74, 6) is 0.500. The second-order valence-electron chi connectivity index (χ2n) is 4.41. The van der Waals surface area contributed by atoms with Gasteiger partial charge in [0.15, 0.2) is 17.6 Å². The highest BCUT2D eigenvalue weighted by Gasteiger charge is 2.24. The molecule has 0 aliphatic rings. The van der Waals surface area contributed by atoms with Gasteiger partial charge in [-0.1, -0.05) is 13.3 Å². The molecule has 21 heavy (non-hydrogen) atoms. The van der Waals surface area contributed by atoms with Crippen molar-refractivity contribution in [2.24, 2.45) is 0 Å². The molecule has 1 N–H and O–H groups in total. The van der Waals surface area contributed by atoms with Crippen LogP contribution in [0.25, 0.3) is 0 Å². The SMILES string of the molecule is CCCC(Oc1c(Br)cc(CO)cc1OC)C(=O)OCC. The quantitative estimate of drug-likeness (QED) is 0.721. The topological polar surface area (TPSA) is 65.0 Å². The molecule has 0 saturated heterocycles. The molecular weight excluding hydrogens is 340 g/mol. The molecule has 0 saturated carbocycles. The number of methoxy groups -OCH3 is 1. The molecule has 0 radical (unpaired) electrons. The normalized spacial score (nSPS) is 11.9. The number of aliphatic hydroxyl groups is 1. The van der Waals surface area contributed by atoms with Gasteiger partial charge in [0.2, 0.25) is 0 Å². The number of carbonyl (C=O) groups is 1. The van der Waals surface area contributed by atoms with Gasteiger partial charge in [-0.2, -0.15) is 0 Å². The van der Waals surface area contributed by atoms with Crippen molar-refractivity contribution in [3.05, 3.63) is 22.2 Å². The average molecular weight is 361 g/mol. The number of ether oxygens (including phenoxy) is 3. The van der Waals surface area contributed by atoms with Crippen molar-refractivity contribution >= 4 is 21.9 Å². The van der Waals surface area contributed by atoms with Crippen LogP contribution >= 0.6 is 15.9 Å². The highest BCUT2D eigenvalue weighted by atomic mass is 79.9. The summed E-state index contributed by atoms with van der Waals surface area (Å²) in [5, 5.41) is 9.21. The Morgan fingerprint density at radius 2 is 2.10 bits per heavy atom. The maximum Gasteiger partial charge on any atom is 0.347 e. The van der Waals surface area contributed by atoms with Gasteiger partial charge in [-0.15, -0.1) is 0 Å². The minimum atomic E-state index is -0.680. The van der Waals surface area contributed by atoms with Gasteiger partial charge in [0.05, 0.1) is 24.8 Å². The van der Waals surface area contributed by atoms with Crippen LogP contribution in [0.3, 0.4) is 0 Å². The van der Waals surface area contributed by atoms with E-state index in [-0.39, 0.29) is 12.6 Å². The van der Waals surface area contributed by atoms with Gasteiger partial charge >= 0.3 is 5.97 Å². The van der Waals surface area contributed by atoms with Gasteiger partial charge < -0.3 is 19.3 Å². The highest BCUT2D eigenvalue weighted by Crippen LogP contribution is 2.37. The zero-order valence-electron chi connectivity index (χ0n) is 12.5. The van der Waals surface area contributed by atoms with Crippen LogP contribution in [0.5, 0.6) is 11.5 Å². The zero-order chi connectivity index (χ0) is 15.8. The summed E-state index contributed by atoms with van der Waals surface area (Å²) in [6.07, 6.45) is 0.661. The molecule has 0 aromatic heterocycles. The largest absolute Gasteiger partial charge is 0.493 e. The number of aliphatic hydroxyl groups excluding tert-OH is 1. The summed E-state index contributed by atoms with van der Waals surface area (Å²) in [4.78, 5) is 11.9. The lowest BCUT2D eigenvalue weighted by Crippen LogP contribution is -2.29. The van der Waals surface area contributed by atoms with Gasteiger partial charge in [0.1, 0.15) is 0 Å². The first kappa shape index (κ1) is 17.8. The van der Waals surface area contributed by atoms with Gasteiger partial charge in [0, 0.05) is 0 Å². The molecule has 0 aliphatic heterocycles. The van der Waals surface area contributed by atoms with Crippen molar-refractivity contribution in [1.29, 1.82) is 0 Å². The minimum Gasteiger partial charge on any atom is -0.493 e. The lowest BCUT2D eigenvalue weighted by Gasteiger charge is -2.20. The number of rotatable bonds is 8. The van der Waals surface area contributed by atoms with Crippen LogP contribution in [0.1, 0.15) is 32.3 Å².